The van der Waals surface area contributed by atoms with Gasteiger partial charge in [-0.15, -0.1) is 15.0 Å². The second-order valence-corrected chi connectivity index (χ2v) is 9.04. The highest BCUT2D eigenvalue weighted by Gasteiger charge is 2.48. The lowest BCUT2D eigenvalue weighted by atomic mass is 9.62. The number of rotatable bonds is 3. The molecular weight excluding hydrogens is 406 g/mol. The maximum absolute atomic E-state index is 13.5. The molecule has 10 heteroatoms. The van der Waals surface area contributed by atoms with Crippen molar-refractivity contribution in [3.05, 3.63) is 35.7 Å². The predicted molar refractivity (Wildman–Crippen MR) is 106 cm³/mol. The van der Waals surface area contributed by atoms with E-state index in [4.69, 9.17) is 0 Å². The summed E-state index contributed by atoms with van der Waals surface area (Å²) in [5.41, 5.74) is 0.283. The summed E-state index contributed by atoms with van der Waals surface area (Å²) in [5.74, 6) is -1.26. The smallest absolute Gasteiger partial charge is 0.239 e. The van der Waals surface area contributed by atoms with Crippen molar-refractivity contribution in [2.24, 2.45) is 5.41 Å². The Bertz CT molecular complexity index is 971. The molecule has 3 fully saturated rings. The van der Waals surface area contributed by atoms with Crippen LogP contribution in [0.2, 0.25) is 0 Å². The molecule has 2 N–H and O–H groups in total. The van der Waals surface area contributed by atoms with Crippen molar-refractivity contribution in [2.75, 3.05) is 19.6 Å². The van der Waals surface area contributed by atoms with Crippen molar-refractivity contribution in [2.45, 2.75) is 56.6 Å². The maximum atomic E-state index is 13.5. The van der Waals surface area contributed by atoms with E-state index < -0.39 is 17.7 Å². The number of hydrogen-bond donors (Lipinski definition) is 2. The number of amides is 1. The van der Waals surface area contributed by atoms with E-state index in [9.17, 15) is 18.7 Å². The summed E-state index contributed by atoms with van der Waals surface area (Å²) >= 11 is 0. The van der Waals surface area contributed by atoms with Gasteiger partial charge in [0.05, 0.1) is 17.8 Å². The molecule has 31 heavy (non-hydrogen) atoms. The normalized spacial score (nSPS) is 26.1. The molecule has 2 aromatic rings. The zero-order chi connectivity index (χ0) is 21.6. The third kappa shape index (κ3) is 3.71. The van der Waals surface area contributed by atoms with Crippen molar-refractivity contribution in [1.82, 2.24) is 30.4 Å². The number of aliphatic hydroxyl groups is 1. The first-order valence-electron chi connectivity index (χ1n) is 10.9. The van der Waals surface area contributed by atoms with Gasteiger partial charge in [-0.05, 0) is 49.5 Å². The van der Waals surface area contributed by atoms with E-state index in [1.165, 1.54) is 10.9 Å². The van der Waals surface area contributed by atoms with Gasteiger partial charge in [0.1, 0.15) is 0 Å². The number of aliphatic hydroxyl groups excluding tert-OH is 1. The van der Waals surface area contributed by atoms with Crippen LogP contribution in [0.5, 0.6) is 0 Å². The molecule has 3 heterocycles. The van der Waals surface area contributed by atoms with Crippen LogP contribution < -0.4 is 5.32 Å². The van der Waals surface area contributed by atoms with Crippen LogP contribution in [0.3, 0.4) is 0 Å². The molecule has 8 nitrogen and oxygen atoms in total. The van der Waals surface area contributed by atoms with Crippen LogP contribution in [0.1, 0.15) is 50.3 Å². The first kappa shape index (κ1) is 20.4. The minimum Gasteiger partial charge on any atom is -0.392 e. The first-order chi connectivity index (χ1) is 14.9. The summed E-state index contributed by atoms with van der Waals surface area (Å²) in [6.07, 6.45) is 4.69. The summed E-state index contributed by atoms with van der Waals surface area (Å²) in [4.78, 5) is 16.0. The van der Waals surface area contributed by atoms with Gasteiger partial charge in [0, 0.05) is 37.0 Å². The van der Waals surface area contributed by atoms with Crippen LogP contribution in [-0.4, -0.2) is 67.9 Å². The van der Waals surface area contributed by atoms with Crippen molar-refractivity contribution in [3.63, 3.8) is 0 Å². The molecule has 0 unspecified atom stereocenters. The lowest BCUT2D eigenvalue weighted by Crippen LogP contribution is -2.61. The topological polar surface area (TPSA) is 96.2 Å². The van der Waals surface area contributed by atoms with Gasteiger partial charge < -0.3 is 15.3 Å². The number of hydrogen-bond acceptors (Lipinski definition) is 6. The first-order valence-corrected chi connectivity index (χ1v) is 10.9. The zero-order valence-corrected chi connectivity index (χ0v) is 17.2. The Morgan fingerprint density at radius 3 is 2.61 bits per heavy atom. The molecule has 2 aliphatic heterocycles. The van der Waals surface area contributed by atoms with Gasteiger partial charge in [0.15, 0.2) is 17.5 Å². The van der Waals surface area contributed by atoms with Crippen LogP contribution >= 0.6 is 0 Å². The molecular formula is C21H26F2N6O2. The Kier molecular flexibility index (Phi) is 5.21. The number of tetrazole rings is 1. The Morgan fingerprint density at radius 1 is 1.19 bits per heavy atom. The molecule has 0 radical (unpaired) electrons. The molecule has 2 atom stereocenters. The third-order valence-corrected chi connectivity index (χ3v) is 7.25. The minimum absolute atomic E-state index is 0.0191. The molecule has 3 aliphatic rings. The van der Waals surface area contributed by atoms with Crippen LogP contribution in [0.25, 0.3) is 5.69 Å². The fourth-order valence-electron chi connectivity index (χ4n) is 5.02. The van der Waals surface area contributed by atoms with Gasteiger partial charge in [-0.2, -0.15) is 0 Å². The molecule has 1 aromatic carbocycles. The highest BCUT2D eigenvalue weighted by molar-refractivity contribution is 5.82. The summed E-state index contributed by atoms with van der Waals surface area (Å²) in [5, 5.41) is 26.3. The molecule has 5 rings (SSSR count). The quantitative estimate of drug-likeness (QED) is 0.764. The number of aromatic nitrogens is 4. The molecule has 1 saturated carbocycles. The highest BCUT2D eigenvalue weighted by atomic mass is 19.2. The molecule has 166 valence electrons. The summed E-state index contributed by atoms with van der Waals surface area (Å²) in [6.45, 7) is 1.88. The molecule has 1 amide bonds. The van der Waals surface area contributed by atoms with E-state index in [-0.39, 0.29) is 23.3 Å². The minimum atomic E-state index is -0.965. The molecule has 1 aromatic heterocycles. The fraction of sp³-hybridized carbons (Fsp3) is 0.619. The van der Waals surface area contributed by atoms with Gasteiger partial charge in [-0.25, -0.2) is 8.78 Å². The Labute approximate surface area is 178 Å². The summed E-state index contributed by atoms with van der Waals surface area (Å²) in [6, 6.07) is 3.12. The van der Waals surface area contributed by atoms with Gasteiger partial charge in [-0.3, -0.25) is 4.79 Å². The van der Waals surface area contributed by atoms with Crippen molar-refractivity contribution >= 4 is 5.91 Å². The van der Waals surface area contributed by atoms with Crippen LogP contribution in [0.15, 0.2) is 18.2 Å². The number of nitrogens with zero attached hydrogens (tertiary/aromatic N) is 5. The van der Waals surface area contributed by atoms with E-state index in [2.05, 4.69) is 20.7 Å². The van der Waals surface area contributed by atoms with Crippen molar-refractivity contribution < 1.29 is 18.7 Å². The number of piperidine rings is 2. The SMILES string of the molecule is O=C([C@@H]1C[C@@H](O)C2(CCC2)CN1)N1CCC(c2nnn(-c3ccc(F)c(F)c3)n2)CC1. The number of likely N-dealkylation sites (tertiary alicyclic amines) is 1. The third-order valence-electron chi connectivity index (χ3n) is 7.25. The van der Waals surface area contributed by atoms with Gasteiger partial charge in [0.2, 0.25) is 5.91 Å². The van der Waals surface area contributed by atoms with Crippen molar-refractivity contribution in [3.8, 4) is 5.69 Å². The van der Waals surface area contributed by atoms with E-state index in [0.29, 0.717) is 50.4 Å². The second kappa shape index (κ2) is 7.90. The number of nitrogens with one attached hydrogen (secondary N) is 1. The average molecular weight is 432 g/mol. The lowest BCUT2D eigenvalue weighted by Gasteiger charge is -2.50. The van der Waals surface area contributed by atoms with Gasteiger partial charge in [0.25, 0.3) is 0 Å². The predicted octanol–water partition coefficient (Wildman–Crippen LogP) is 1.54. The lowest BCUT2D eigenvalue weighted by molar-refractivity contribution is -0.140. The highest BCUT2D eigenvalue weighted by Crippen LogP contribution is 2.46. The number of carbonyl (C=O) groups is 1. The zero-order valence-electron chi connectivity index (χ0n) is 17.2. The van der Waals surface area contributed by atoms with Gasteiger partial charge in [-0.1, -0.05) is 6.42 Å². The Hall–Kier alpha value is -2.46. The van der Waals surface area contributed by atoms with Crippen molar-refractivity contribution in [1.29, 1.82) is 0 Å². The van der Waals surface area contributed by atoms with E-state index >= 15 is 0 Å². The van der Waals surface area contributed by atoms with E-state index in [0.717, 1.165) is 31.4 Å². The Morgan fingerprint density at radius 2 is 1.97 bits per heavy atom. The molecule has 1 aliphatic carbocycles. The second-order valence-electron chi connectivity index (χ2n) is 9.04. The Balaban J connectivity index is 1.18. The number of benzene rings is 1. The number of carbonyl (C=O) groups excluding carboxylic acids is 1. The summed E-state index contributed by atoms with van der Waals surface area (Å²) in [7, 11) is 0. The van der Waals surface area contributed by atoms with Crippen LogP contribution in [-0.2, 0) is 4.79 Å². The fourth-order valence-corrected chi connectivity index (χ4v) is 5.02. The van der Waals surface area contributed by atoms with Gasteiger partial charge >= 0.3 is 0 Å². The standard InChI is InChI=1S/C21H26F2N6O2/c22-15-3-2-14(10-16(15)23)29-26-19(25-27-29)13-4-8-28(9-5-13)20(31)17-11-18(30)21(12-24-17)6-1-7-21/h2-3,10,13,17-18,24,30H,1,4-9,11-12H2/t17-,18+/m0/s1. The van der Waals surface area contributed by atoms with Crippen LogP contribution in [0, 0.1) is 17.0 Å². The van der Waals surface area contributed by atoms with Crippen LogP contribution in [0.4, 0.5) is 8.78 Å². The monoisotopic (exact) mass is 432 g/mol. The van der Waals surface area contributed by atoms with E-state index in [1.807, 2.05) is 4.90 Å². The van der Waals surface area contributed by atoms with E-state index in [1.54, 1.807) is 0 Å². The average Bonchev–Trinajstić information content (AvgIpc) is 3.24. The maximum Gasteiger partial charge on any atom is 0.239 e. The largest absolute Gasteiger partial charge is 0.392 e. The molecule has 0 bridgehead atoms. The molecule has 1 spiro atoms. The molecule has 2 saturated heterocycles. The number of halogens is 2. The summed E-state index contributed by atoms with van der Waals surface area (Å²) < 4.78 is 26.6.